The van der Waals surface area contributed by atoms with Gasteiger partial charge in [0.2, 0.25) is 5.91 Å². The van der Waals surface area contributed by atoms with Crippen molar-refractivity contribution in [3.8, 4) is 0 Å². The summed E-state index contributed by atoms with van der Waals surface area (Å²) < 4.78 is 18.1. The molecule has 0 aliphatic rings. The molecule has 19 heavy (non-hydrogen) atoms. The fourth-order valence-electron chi connectivity index (χ4n) is 1.41. The highest BCUT2D eigenvalue weighted by atomic mass is 19.1. The third-order valence-corrected chi connectivity index (χ3v) is 2.38. The molecule has 0 fully saturated rings. The predicted octanol–water partition coefficient (Wildman–Crippen LogP) is 0.708. The molecule has 5 nitrogen and oxygen atoms in total. The van der Waals surface area contributed by atoms with E-state index in [0.717, 1.165) is 0 Å². The first-order chi connectivity index (χ1) is 9.15. The number of hydrogen-bond acceptors (Lipinski definition) is 3. The van der Waals surface area contributed by atoms with Crippen LogP contribution in [0.3, 0.4) is 0 Å². The molecular weight excluding hydrogens is 251 g/mol. The summed E-state index contributed by atoms with van der Waals surface area (Å²) in [5.74, 6) is -1.54. The van der Waals surface area contributed by atoms with Crippen molar-refractivity contribution in [2.24, 2.45) is 0 Å². The smallest absolute Gasteiger partial charge is 0.254 e. The van der Waals surface area contributed by atoms with E-state index in [1.807, 2.05) is 0 Å². The topological polar surface area (TPSA) is 67.4 Å². The lowest BCUT2D eigenvalue weighted by atomic mass is 10.2. The number of amides is 2. The van der Waals surface area contributed by atoms with Gasteiger partial charge in [0.15, 0.2) is 0 Å². The number of nitrogens with one attached hydrogen (secondary N) is 2. The van der Waals surface area contributed by atoms with Crippen LogP contribution in [0.15, 0.2) is 24.3 Å². The number of methoxy groups -OCH3 is 1. The molecule has 0 radical (unpaired) electrons. The van der Waals surface area contributed by atoms with E-state index in [0.29, 0.717) is 19.6 Å². The van der Waals surface area contributed by atoms with E-state index in [1.54, 1.807) is 13.2 Å². The van der Waals surface area contributed by atoms with Crippen molar-refractivity contribution in [2.75, 3.05) is 26.8 Å². The molecule has 0 spiro atoms. The van der Waals surface area contributed by atoms with Crippen LogP contribution in [0.2, 0.25) is 0 Å². The average molecular weight is 268 g/mol. The van der Waals surface area contributed by atoms with Crippen molar-refractivity contribution >= 4 is 11.8 Å². The van der Waals surface area contributed by atoms with Gasteiger partial charge in [0.05, 0.1) is 12.1 Å². The minimum Gasteiger partial charge on any atom is -0.385 e. The summed E-state index contributed by atoms with van der Waals surface area (Å²) in [6, 6.07) is 5.61. The van der Waals surface area contributed by atoms with Crippen molar-refractivity contribution in [3.05, 3.63) is 35.6 Å². The van der Waals surface area contributed by atoms with Gasteiger partial charge in [-0.15, -0.1) is 0 Å². The molecule has 1 aromatic rings. The molecule has 0 saturated heterocycles. The molecule has 1 aromatic carbocycles. The molecule has 0 heterocycles. The number of carbonyl (C=O) groups excluding carboxylic acids is 2. The van der Waals surface area contributed by atoms with Crippen LogP contribution in [0.1, 0.15) is 16.8 Å². The Morgan fingerprint density at radius 1 is 1.26 bits per heavy atom. The fraction of sp³-hybridized carbons (Fsp3) is 0.385. The Labute approximate surface area is 111 Å². The second-order valence-corrected chi connectivity index (χ2v) is 3.86. The molecule has 0 unspecified atom stereocenters. The maximum atomic E-state index is 13.3. The monoisotopic (exact) mass is 268 g/mol. The maximum Gasteiger partial charge on any atom is 0.254 e. The minimum atomic E-state index is -0.611. The van der Waals surface area contributed by atoms with Gasteiger partial charge in [-0.1, -0.05) is 12.1 Å². The number of benzene rings is 1. The van der Waals surface area contributed by atoms with Crippen molar-refractivity contribution < 1.29 is 18.7 Å². The van der Waals surface area contributed by atoms with Crippen LogP contribution in [0, 0.1) is 5.82 Å². The number of carbonyl (C=O) groups is 2. The second kappa shape index (κ2) is 8.20. The van der Waals surface area contributed by atoms with E-state index < -0.39 is 11.7 Å². The van der Waals surface area contributed by atoms with Crippen LogP contribution in [0.4, 0.5) is 4.39 Å². The minimum absolute atomic E-state index is 0.0744. The van der Waals surface area contributed by atoms with Gasteiger partial charge in [0, 0.05) is 20.3 Å². The van der Waals surface area contributed by atoms with E-state index in [9.17, 15) is 14.0 Å². The second-order valence-electron chi connectivity index (χ2n) is 3.86. The Balaban J connectivity index is 2.30. The summed E-state index contributed by atoms with van der Waals surface area (Å²) in [6.07, 6.45) is 0.698. The van der Waals surface area contributed by atoms with Crippen molar-refractivity contribution in [3.63, 3.8) is 0 Å². The van der Waals surface area contributed by atoms with Gasteiger partial charge in [-0.25, -0.2) is 4.39 Å². The molecule has 0 atom stereocenters. The molecule has 0 saturated carbocycles. The van der Waals surface area contributed by atoms with Crippen molar-refractivity contribution in [1.29, 1.82) is 0 Å². The van der Waals surface area contributed by atoms with E-state index in [-0.39, 0.29) is 18.0 Å². The summed E-state index contributed by atoms with van der Waals surface area (Å²) in [4.78, 5) is 23.0. The molecule has 0 aromatic heterocycles. The zero-order valence-electron chi connectivity index (χ0n) is 10.7. The molecule has 6 heteroatoms. The lowest BCUT2D eigenvalue weighted by Gasteiger charge is -2.07. The Bertz CT molecular complexity index is 438. The number of rotatable bonds is 7. The molecule has 1 rings (SSSR count). The summed E-state index contributed by atoms with van der Waals surface area (Å²) in [6.45, 7) is 0.851. The Hall–Kier alpha value is -1.95. The van der Waals surface area contributed by atoms with Crippen LogP contribution in [-0.4, -0.2) is 38.6 Å². The summed E-state index contributed by atoms with van der Waals surface area (Å²) in [7, 11) is 1.58. The molecule has 2 N–H and O–H groups in total. The molecule has 104 valence electrons. The van der Waals surface area contributed by atoms with Crippen molar-refractivity contribution in [2.45, 2.75) is 6.42 Å². The van der Waals surface area contributed by atoms with Gasteiger partial charge in [0.1, 0.15) is 5.82 Å². The van der Waals surface area contributed by atoms with Crippen LogP contribution >= 0.6 is 0 Å². The molecule has 0 aliphatic heterocycles. The molecule has 0 aliphatic carbocycles. The summed E-state index contributed by atoms with van der Waals surface area (Å²) in [5, 5.41) is 4.97. The quantitative estimate of drug-likeness (QED) is 0.716. The SMILES string of the molecule is COCCCNC(=O)CNC(=O)c1ccccc1F. The van der Waals surface area contributed by atoms with E-state index in [4.69, 9.17) is 4.74 Å². The van der Waals surface area contributed by atoms with Crippen LogP contribution < -0.4 is 10.6 Å². The highest BCUT2D eigenvalue weighted by molar-refractivity contribution is 5.96. The third kappa shape index (κ3) is 5.48. The zero-order valence-corrected chi connectivity index (χ0v) is 10.7. The van der Waals surface area contributed by atoms with Crippen LogP contribution in [0.25, 0.3) is 0 Å². The standard InChI is InChI=1S/C13H17FN2O3/c1-19-8-4-7-15-12(17)9-16-13(18)10-5-2-3-6-11(10)14/h2-3,5-6H,4,7-9H2,1H3,(H,15,17)(H,16,18). The van der Waals surface area contributed by atoms with Crippen LogP contribution in [-0.2, 0) is 9.53 Å². The maximum absolute atomic E-state index is 13.3. The number of halogens is 1. The molecular formula is C13H17FN2O3. The first-order valence-electron chi connectivity index (χ1n) is 5.93. The molecule has 0 bridgehead atoms. The average Bonchev–Trinajstić information content (AvgIpc) is 2.41. The first-order valence-corrected chi connectivity index (χ1v) is 5.93. The summed E-state index contributed by atoms with van der Waals surface area (Å²) in [5.41, 5.74) is -0.0744. The molecule has 2 amide bonds. The number of ether oxygens (including phenoxy) is 1. The Morgan fingerprint density at radius 2 is 2.00 bits per heavy atom. The van der Waals surface area contributed by atoms with E-state index in [1.165, 1.54) is 18.2 Å². The van der Waals surface area contributed by atoms with Crippen molar-refractivity contribution in [1.82, 2.24) is 10.6 Å². The van der Waals surface area contributed by atoms with Gasteiger partial charge >= 0.3 is 0 Å². The van der Waals surface area contributed by atoms with Gasteiger partial charge in [-0.05, 0) is 18.6 Å². The largest absolute Gasteiger partial charge is 0.385 e. The highest BCUT2D eigenvalue weighted by Gasteiger charge is 2.11. The van der Waals surface area contributed by atoms with Gasteiger partial charge < -0.3 is 15.4 Å². The predicted molar refractivity (Wildman–Crippen MR) is 68.2 cm³/mol. The van der Waals surface area contributed by atoms with E-state index in [2.05, 4.69) is 10.6 Å². The van der Waals surface area contributed by atoms with E-state index >= 15 is 0 Å². The first kappa shape index (κ1) is 15.1. The zero-order chi connectivity index (χ0) is 14.1. The lowest BCUT2D eigenvalue weighted by Crippen LogP contribution is -2.37. The lowest BCUT2D eigenvalue weighted by molar-refractivity contribution is -0.120. The normalized spacial score (nSPS) is 10.0. The van der Waals surface area contributed by atoms with Gasteiger partial charge in [-0.3, -0.25) is 9.59 Å². The van der Waals surface area contributed by atoms with Gasteiger partial charge in [0.25, 0.3) is 5.91 Å². The van der Waals surface area contributed by atoms with Crippen LogP contribution in [0.5, 0.6) is 0 Å². The number of hydrogen-bond donors (Lipinski definition) is 2. The third-order valence-electron chi connectivity index (χ3n) is 2.38. The van der Waals surface area contributed by atoms with Gasteiger partial charge in [-0.2, -0.15) is 0 Å². The highest BCUT2D eigenvalue weighted by Crippen LogP contribution is 2.05. The Kier molecular flexibility index (Phi) is 6.52. The Morgan fingerprint density at radius 3 is 2.68 bits per heavy atom. The summed E-state index contributed by atoms with van der Waals surface area (Å²) >= 11 is 0. The fourth-order valence-corrected chi connectivity index (χ4v) is 1.41.